The second-order valence-electron chi connectivity index (χ2n) is 11.3. The number of likely N-dealkylation sites (tertiary alicyclic amines) is 1. The maximum atomic E-state index is 14.4. The molecule has 0 spiro atoms. The monoisotopic (exact) mass is 622 g/mol. The number of hydrogen-bond donors (Lipinski definition) is 2. The van der Waals surface area contributed by atoms with Crippen molar-refractivity contribution in [1.82, 2.24) is 20.4 Å². The summed E-state index contributed by atoms with van der Waals surface area (Å²) in [6.07, 6.45) is 3.29. The van der Waals surface area contributed by atoms with E-state index in [1.807, 2.05) is 24.3 Å². The van der Waals surface area contributed by atoms with Crippen molar-refractivity contribution in [2.45, 2.75) is 43.8 Å². The van der Waals surface area contributed by atoms with Gasteiger partial charge in [-0.2, -0.15) is 5.26 Å². The largest absolute Gasteiger partial charge is 0.466 e. The van der Waals surface area contributed by atoms with Gasteiger partial charge in [-0.05, 0) is 62.1 Å². The predicted molar refractivity (Wildman–Crippen MR) is 160 cm³/mol. The van der Waals surface area contributed by atoms with Crippen LogP contribution in [0.25, 0.3) is 0 Å². The SMILES string of the molecule is COCC1=C(C(=O)OC)[C@H](c2ccc(F)c(F)c2)N(C(=O)NC2CCCN(C3CCN(c4ccccc4C#N)CC3)C2)C(=O)N1. The quantitative estimate of drug-likeness (QED) is 0.447. The van der Waals surface area contributed by atoms with E-state index >= 15 is 0 Å². The summed E-state index contributed by atoms with van der Waals surface area (Å²) in [7, 11) is 2.51. The molecule has 2 saturated heterocycles. The Morgan fingerprint density at radius 2 is 1.82 bits per heavy atom. The van der Waals surface area contributed by atoms with E-state index in [4.69, 9.17) is 9.47 Å². The van der Waals surface area contributed by atoms with Crippen LogP contribution < -0.4 is 15.5 Å². The molecule has 0 aromatic heterocycles. The third kappa shape index (κ3) is 6.77. The third-order valence-electron chi connectivity index (χ3n) is 8.63. The number of nitrogens with one attached hydrogen (secondary N) is 2. The van der Waals surface area contributed by atoms with Gasteiger partial charge in [0.2, 0.25) is 0 Å². The van der Waals surface area contributed by atoms with Crippen molar-refractivity contribution in [3.05, 3.63) is 76.5 Å². The molecule has 0 radical (unpaired) electrons. The lowest BCUT2D eigenvalue weighted by Crippen LogP contribution is -2.59. The Morgan fingerprint density at radius 1 is 1.07 bits per heavy atom. The van der Waals surface area contributed by atoms with Gasteiger partial charge in [-0.25, -0.2) is 28.1 Å². The van der Waals surface area contributed by atoms with Crippen LogP contribution in [-0.2, 0) is 14.3 Å². The normalized spacial score (nSPS) is 21.3. The van der Waals surface area contributed by atoms with Gasteiger partial charge in [0, 0.05) is 38.8 Å². The number of piperidine rings is 2. The summed E-state index contributed by atoms with van der Waals surface area (Å²) in [6, 6.07) is 9.76. The van der Waals surface area contributed by atoms with Gasteiger partial charge in [0.1, 0.15) is 12.1 Å². The number of carbonyl (C=O) groups excluding carboxylic acids is 3. The van der Waals surface area contributed by atoms with Crippen molar-refractivity contribution in [1.29, 1.82) is 5.26 Å². The molecule has 0 aliphatic carbocycles. The predicted octanol–water partition coefficient (Wildman–Crippen LogP) is 3.82. The highest BCUT2D eigenvalue weighted by Gasteiger charge is 2.44. The molecule has 45 heavy (non-hydrogen) atoms. The molecule has 2 fully saturated rings. The maximum absolute atomic E-state index is 14.4. The van der Waals surface area contributed by atoms with Crippen molar-refractivity contribution in [3.63, 3.8) is 0 Å². The lowest BCUT2D eigenvalue weighted by molar-refractivity contribution is -0.137. The van der Waals surface area contributed by atoms with E-state index in [0.29, 0.717) is 18.5 Å². The van der Waals surface area contributed by atoms with Crippen molar-refractivity contribution in [2.75, 3.05) is 51.9 Å². The number of amides is 4. The second-order valence-corrected chi connectivity index (χ2v) is 11.3. The van der Waals surface area contributed by atoms with E-state index in [-0.39, 0.29) is 35.5 Å². The summed E-state index contributed by atoms with van der Waals surface area (Å²) >= 11 is 0. The number of ether oxygens (including phenoxy) is 2. The van der Waals surface area contributed by atoms with Crippen LogP contribution in [0.2, 0.25) is 0 Å². The first-order valence-corrected chi connectivity index (χ1v) is 14.9. The Bertz CT molecular complexity index is 1520. The molecule has 1 unspecified atom stereocenters. The number of urea groups is 2. The van der Waals surface area contributed by atoms with Crippen LogP contribution >= 0.6 is 0 Å². The first-order valence-electron chi connectivity index (χ1n) is 14.9. The highest BCUT2D eigenvalue weighted by Crippen LogP contribution is 2.35. The standard InChI is InChI=1S/C32H36F2N6O5/c1-44-19-26-28(30(41)45-2)29(20-9-10-24(33)25(34)16-20)40(32(43)37-26)31(42)36-22-7-5-13-39(18-22)23-11-14-38(15-12-23)27-8-4-3-6-21(27)17-35/h3-4,6,8-10,16,22-23,29H,5,7,11-15,18-19H2,1-2H3,(H,36,42)(H,37,43)/t22?,29-/m0/s1. The number of halogens is 2. The maximum Gasteiger partial charge on any atom is 0.338 e. The number of methoxy groups -OCH3 is 2. The molecule has 238 valence electrons. The van der Waals surface area contributed by atoms with Gasteiger partial charge in [0.25, 0.3) is 0 Å². The molecule has 3 heterocycles. The molecule has 3 aliphatic heterocycles. The fraction of sp³-hybridized carbons (Fsp3) is 0.438. The minimum absolute atomic E-state index is 0.0166. The van der Waals surface area contributed by atoms with Crippen LogP contribution in [0.1, 0.15) is 42.9 Å². The average Bonchev–Trinajstić information content (AvgIpc) is 3.05. The molecule has 4 amide bonds. The number of anilines is 1. The number of esters is 1. The van der Waals surface area contributed by atoms with E-state index in [1.165, 1.54) is 13.2 Å². The van der Waals surface area contributed by atoms with Crippen molar-refractivity contribution < 1.29 is 32.6 Å². The van der Waals surface area contributed by atoms with Gasteiger partial charge in [-0.1, -0.05) is 18.2 Å². The Labute approximate surface area is 260 Å². The van der Waals surface area contributed by atoms with E-state index < -0.39 is 35.7 Å². The number of carbonyl (C=O) groups is 3. The van der Waals surface area contributed by atoms with Gasteiger partial charge < -0.3 is 25.0 Å². The van der Waals surface area contributed by atoms with Crippen molar-refractivity contribution >= 4 is 23.7 Å². The highest BCUT2D eigenvalue weighted by atomic mass is 19.2. The number of nitrogens with zero attached hydrogens (tertiary/aromatic N) is 4. The van der Waals surface area contributed by atoms with E-state index in [9.17, 15) is 28.4 Å². The molecular formula is C32H36F2N6O5. The van der Waals surface area contributed by atoms with E-state index in [0.717, 1.165) is 68.7 Å². The smallest absolute Gasteiger partial charge is 0.338 e. The Hall–Kier alpha value is -4.54. The lowest BCUT2D eigenvalue weighted by atomic mass is 9.93. The molecule has 2 aromatic carbocycles. The Balaban J connectivity index is 1.32. The molecule has 0 saturated carbocycles. The molecule has 2 N–H and O–H groups in total. The summed E-state index contributed by atoms with van der Waals surface area (Å²) in [4.78, 5) is 45.5. The zero-order chi connectivity index (χ0) is 32.1. The third-order valence-corrected chi connectivity index (χ3v) is 8.63. The fourth-order valence-corrected chi connectivity index (χ4v) is 6.49. The summed E-state index contributed by atoms with van der Waals surface area (Å²) in [5.41, 5.74) is 1.53. The number of para-hydroxylation sites is 1. The highest BCUT2D eigenvalue weighted by molar-refractivity contribution is 6.01. The van der Waals surface area contributed by atoms with Gasteiger partial charge in [0.15, 0.2) is 11.6 Å². The van der Waals surface area contributed by atoms with Crippen LogP contribution in [0.5, 0.6) is 0 Å². The lowest BCUT2D eigenvalue weighted by Gasteiger charge is -2.43. The summed E-state index contributed by atoms with van der Waals surface area (Å²) in [5, 5.41) is 15.0. The molecule has 0 bridgehead atoms. The summed E-state index contributed by atoms with van der Waals surface area (Å²) in [5.74, 6) is -3.17. The summed E-state index contributed by atoms with van der Waals surface area (Å²) in [6.45, 7) is 2.83. The average molecular weight is 623 g/mol. The van der Waals surface area contributed by atoms with Gasteiger partial charge >= 0.3 is 18.0 Å². The second kappa shape index (κ2) is 14.0. The number of imide groups is 1. The van der Waals surface area contributed by atoms with Crippen LogP contribution in [0.4, 0.5) is 24.1 Å². The Morgan fingerprint density at radius 3 is 2.51 bits per heavy atom. The molecule has 5 rings (SSSR count). The van der Waals surface area contributed by atoms with E-state index in [1.54, 1.807) is 0 Å². The fourth-order valence-electron chi connectivity index (χ4n) is 6.49. The number of hydrogen-bond acceptors (Lipinski definition) is 8. The van der Waals surface area contributed by atoms with Crippen LogP contribution in [0.15, 0.2) is 53.7 Å². The van der Waals surface area contributed by atoms with Crippen LogP contribution in [0.3, 0.4) is 0 Å². The van der Waals surface area contributed by atoms with Gasteiger partial charge in [-0.15, -0.1) is 0 Å². The molecule has 2 aromatic rings. The summed E-state index contributed by atoms with van der Waals surface area (Å²) < 4.78 is 38.4. The zero-order valence-corrected chi connectivity index (χ0v) is 25.2. The van der Waals surface area contributed by atoms with Gasteiger partial charge in [0.05, 0.1) is 36.2 Å². The van der Waals surface area contributed by atoms with Crippen LogP contribution in [0, 0.1) is 23.0 Å². The molecule has 2 atom stereocenters. The van der Waals surface area contributed by atoms with Crippen LogP contribution in [-0.4, -0.2) is 86.9 Å². The first-order chi connectivity index (χ1) is 21.7. The van der Waals surface area contributed by atoms with Crippen molar-refractivity contribution in [2.24, 2.45) is 0 Å². The molecular weight excluding hydrogens is 586 g/mol. The number of nitriles is 1. The molecule has 11 nitrogen and oxygen atoms in total. The van der Waals surface area contributed by atoms with E-state index in [2.05, 4.69) is 26.5 Å². The minimum atomic E-state index is -1.40. The number of rotatable bonds is 7. The zero-order valence-electron chi connectivity index (χ0n) is 25.2. The topological polar surface area (TPSA) is 127 Å². The Kier molecular flexibility index (Phi) is 9.95. The molecule has 13 heteroatoms. The first kappa shape index (κ1) is 31.9. The minimum Gasteiger partial charge on any atom is -0.466 e. The number of benzene rings is 2. The molecule has 3 aliphatic rings. The van der Waals surface area contributed by atoms with Gasteiger partial charge in [-0.3, -0.25) is 4.90 Å². The van der Waals surface area contributed by atoms with Crippen molar-refractivity contribution in [3.8, 4) is 6.07 Å².